The molecule has 3 aromatic rings. The van der Waals surface area contributed by atoms with Gasteiger partial charge >= 0.3 is 0 Å². The molecule has 0 spiro atoms. The molecule has 3 rings (SSSR count). The zero-order chi connectivity index (χ0) is 13.8. The second-order valence-electron chi connectivity index (χ2n) is 4.83. The molecule has 1 N–H and O–H groups in total. The topological polar surface area (TPSA) is 42.7 Å². The van der Waals surface area contributed by atoms with Crippen molar-refractivity contribution in [2.24, 2.45) is 0 Å². The normalized spacial score (nSPS) is 10.8. The predicted molar refractivity (Wildman–Crippen MR) is 82.2 cm³/mol. The molecule has 0 aliphatic carbocycles. The van der Waals surface area contributed by atoms with Crippen LogP contribution < -0.4 is 5.32 Å². The van der Waals surface area contributed by atoms with Crippen molar-refractivity contribution in [1.29, 1.82) is 0 Å². The average Bonchev–Trinajstić information content (AvgIpc) is 2.93. The van der Waals surface area contributed by atoms with Crippen molar-refractivity contribution in [3.05, 3.63) is 49.1 Å². The molecule has 0 radical (unpaired) electrons. The summed E-state index contributed by atoms with van der Waals surface area (Å²) in [6.45, 7) is 3.19. The van der Waals surface area contributed by atoms with Crippen molar-refractivity contribution in [3.63, 3.8) is 0 Å². The Labute approximate surface area is 118 Å². The third kappa shape index (κ3) is 2.50. The minimum Gasteiger partial charge on any atom is -0.325 e. The first-order chi connectivity index (χ1) is 9.88. The van der Waals surface area contributed by atoms with Crippen LogP contribution in [0.3, 0.4) is 0 Å². The zero-order valence-corrected chi connectivity index (χ0v) is 11.6. The van der Waals surface area contributed by atoms with Gasteiger partial charge in [-0.2, -0.15) is 0 Å². The largest absolute Gasteiger partial charge is 0.325 e. The lowest BCUT2D eigenvalue weighted by Gasteiger charge is -2.11. The Morgan fingerprint density at radius 3 is 3.05 bits per heavy atom. The molecule has 0 aliphatic rings. The molecule has 0 atom stereocenters. The summed E-state index contributed by atoms with van der Waals surface area (Å²) in [5.41, 5.74) is 1.06. The first kappa shape index (κ1) is 12.7. The van der Waals surface area contributed by atoms with E-state index in [2.05, 4.69) is 38.9 Å². The molecule has 20 heavy (non-hydrogen) atoms. The van der Waals surface area contributed by atoms with Gasteiger partial charge in [-0.3, -0.25) is 4.98 Å². The molecule has 2 aromatic heterocycles. The Kier molecular flexibility index (Phi) is 3.63. The third-order valence-electron chi connectivity index (χ3n) is 3.40. The summed E-state index contributed by atoms with van der Waals surface area (Å²) >= 11 is 0. The SMILES string of the molecule is CCCCn1ccnc1Nc1cccc2cnccc12. The molecule has 0 saturated carbocycles. The summed E-state index contributed by atoms with van der Waals surface area (Å²) < 4.78 is 2.16. The van der Waals surface area contributed by atoms with Gasteiger partial charge in [0.2, 0.25) is 5.95 Å². The molecule has 0 aliphatic heterocycles. The molecule has 102 valence electrons. The highest BCUT2D eigenvalue weighted by Crippen LogP contribution is 2.25. The van der Waals surface area contributed by atoms with Crippen molar-refractivity contribution in [1.82, 2.24) is 14.5 Å². The fourth-order valence-electron chi connectivity index (χ4n) is 2.29. The molecule has 0 bridgehead atoms. The number of pyridine rings is 1. The van der Waals surface area contributed by atoms with Crippen LogP contribution in [0.1, 0.15) is 19.8 Å². The summed E-state index contributed by atoms with van der Waals surface area (Å²) in [6.07, 6.45) is 9.89. The van der Waals surface area contributed by atoms with Crippen LogP contribution in [0.25, 0.3) is 10.8 Å². The molecule has 0 unspecified atom stereocenters. The number of fused-ring (bicyclic) bond motifs is 1. The second kappa shape index (κ2) is 5.74. The lowest BCUT2D eigenvalue weighted by molar-refractivity contribution is 0.638. The van der Waals surface area contributed by atoms with Crippen LogP contribution in [0.4, 0.5) is 11.6 Å². The smallest absolute Gasteiger partial charge is 0.207 e. The standard InChI is InChI=1S/C16H18N4/c1-2-3-10-20-11-9-18-16(20)19-15-6-4-5-13-12-17-8-7-14(13)15/h4-9,11-12H,2-3,10H2,1H3,(H,18,19). The Balaban J connectivity index is 1.92. The molecule has 0 fully saturated rings. The summed E-state index contributed by atoms with van der Waals surface area (Å²) in [4.78, 5) is 8.57. The number of unbranched alkanes of at least 4 members (excludes halogenated alkanes) is 1. The van der Waals surface area contributed by atoms with Gasteiger partial charge in [0.25, 0.3) is 0 Å². The molecular weight excluding hydrogens is 248 g/mol. The maximum Gasteiger partial charge on any atom is 0.207 e. The van der Waals surface area contributed by atoms with Crippen molar-refractivity contribution in [3.8, 4) is 0 Å². The van der Waals surface area contributed by atoms with E-state index in [1.54, 1.807) is 0 Å². The Bertz CT molecular complexity index is 697. The Hall–Kier alpha value is -2.36. The van der Waals surface area contributed by atoms with Crippen molar-refractivity contribution in [2.75, 3.05) is 5.32 Å². The number of hydrogen-bond donors (Lipinski definition) is 1. The quantitative estimate of drug-likeness (QED) is 0.759. The fraction of sp³-hybridized carbons (Fsp3) is 0.250. The lowest BCUT2D eigenvalue weighted by atomic mass is 10.1. The highest BCUT2D eigenvalue weighted by Gasteiger charge is 2.05. The minimum absolute atomic E-state index is 0.891. The molecule has 0 saturated heterocycles. The summed E-state index contributed by atoms with van der Waals surface area (Å²) in [5, 5.41) is 5.72. The van der Waals surface area contributed by atoms with Gasteiger partial charge < -0.3 is 9.88 Å². The van der Waals surface area contributed by atoms with Crippen LogP contribution in [0.2, 0.25) is 0 Å². The molecule has 4 nitrogen and oxygen atoms in total. The first-order valence-electron chi connectivity index (χ1n) is 6.99. The van der Waals surface area contributed by atoms with Gasteiger partial charge in [-0.25, -0.2) is 4.98 Å². The minimum atomic E-state index is 0.891. The number of nitrogens with zero attached hydrogens (tertiary/aromatic N) is 3. The Morgan fingerprint density at radius 1 is 1.20 bits per heavy atom. The number of rotatable bonds is 5. The number of anilines is 2. The molecular formula is C16H18N4. The summed E-state index contributed by atoms with van der Waals surface area (Å²) in [6, 6.07) is 8.20. The van der Waals surface area contributed by atoms with Gasteiger partial charge in [-0.1, -0.05) is 25.5 Å². The van der Waals surface area contributed by atoms with E-state index >= 15 is 0 Å². The highest BCUT2D eigenvalue weighted by molar-refractivity contribution is 5.94. The van der Waals surface area contributed by atoms with Crippen LogP contribution in [0.15, 0.2) is 49.1 Å². The van der Waals surface area contributed by atoms with Gasteiger partial charge in [0.1, 0.15) is 0 Å². The van der Waals surface area contributed by atoms with E-state index in [0.717, 1.165) is 35.4 Å². The lowest BCUT2D eigenvalue weighted by Crippen LogP contribution is -2.03. The van der Waals surface area contributed by atoms with E-state index in [0.29, 0.717) is 0 Å². The van der Waals surface area contributed by atoms with Crippen LogP contribution in [0.5, 0.6) is 0 Å². The number of hydrogen-bond acceptors (Lipinski definition) is 3. The summed E-state index contributed by atoms with van der Waals surface area (Å²) in [7, 11) is 0. The molecule has 1 aromatic carbocycles. The van der Waals surface area contributed by atoms with Crippen molar-refractivity contribution < 1.29 is 0 Å². The van der Waals surface area contributed by atoms with Gasteiger partial charge in [-0.05, 0) is 18.6 Å². The van der Waals surface area contributed by atoms with Gasteiger partial charge in [0.05, 0.1) is 0 Å². The molecule has 0 amide bonds. The number of aromatic nitrogens is 3. The van der Waals surface area contributed by atoms with Crippen molar-refractivity contribution >= 4 is 22.4 Å². The van der Waals surface area contributed by atoms with Gasteiger partial charge in [-0.15, -0.1) is 0 Å². The summed E-state index contributed by atoms with van der Waals surface area (Å²) in [5.74, 6) is 0.891. The average molecular weight is 266 g/mol. The van der Waals surface area contributed by atoms with Crippen molar-refractivity contribution in [2.45, 2.75) is 26.3 Å². The van der Waals surface area contributed by atoms with E-state index < -0.39 is 0 Å². The number of imidazole rings is 1. The van der Waals surface area contributed by atoms with E-state index in [1.165, 1.54) is 6.42 Å². The molecule has 2 heterocycles. The van der Waals surface area contributed by atoms with Gasteiger partial charge in [0, 0.05) is 47.8 Å². The van der Waals surface area contributed by atoms with Crippen LogP contribution in [-0.2, 0) is 6.54 Å². The monoisotopic (exact) mass is 266 g/mol. The van der Waals surface area contributed by atoms with Crippen LogP contribution in [-0.4, -0.2) is 14.5 Å². The van der Waals surface area contributed by atoms with E-state index in [1.807, 2.05) is 36.9 Å². The van der Waals surface area contributed by atoms with E-state index in [-0.39, 0.29) is 0 Å². The third-order valence-corrected chi connectivity index (χ3v) is 3.40. The second-order valence-corrected chi connectivity index (χ2v) is 4.83. The predicted octanol–water partition coefficient (Wildman–Crippen LogP) is 3.98. The maximum atomic E-state index is 4.41. The Morgan fingerprint density at radius 2 is 2.15 bits per heavy atom. The van der Waals surface area contributed by atoms with E-state index in [9.17, 15) is 0 Å². The van der Waals surface area contributed by atoms with Crippen LogP contribution >= 0.6 is 0 Å². The zero-order valence-electron chi connectivity index (χ0n) is 11.6. The highest BCUT2D eigenvalue weighted by atomic mass is 15.2. The molecule has 4 heteroatoms. The first-order valence-corrected chi connectivity index (χ1v) is 6.99. The fourth-order valence-corrected chi connectivity index (χ4v) is 2.29. The van der Waals surface area contributed by atoms with Crippen LogP contribution in [0, 0.1) is 0 Å². The maximum absolute atomic E-state index is 4.41. The number of benzene rings is 1. The number of nitrogens with one attached hydrogen (secondary N) is 1. The van der Waals surface area contributed by atoms with E-state index in [4.69, 9.17) is 0 Å². The van der Waals surface area contributed by atoms with Gasteiger partial charge in [0.15, 0.2) is 0 Å². The number of aryl methyl sites for hydroxylation is 1.